The summed E-state index contributed by atoms with van der Waals surface area (Å²) >= 11 is 13.1. The van der Waals surface area contributed by atoms with E-state index in [4.69, 9.17) is 0 Å². The maximum atomic E-state index is 10.1. The second-order valence-electron chi connectivity index (χ2n) is 4.63. The molecule has 4 nitrogen and oxygen atoms in total. The van der Waals surface area contributed by atoms with E-state index in [1.807, 2.05) is 0 Å². The van der Waals surface area contributed by atoms with Gasteiger partial charge in [0.25, 0.3) is 0 Å². The van der Waals surface area contributed by atoms with Crippen LogP contribution in [0.25, 0.3) is 0 Å². The number of rotatable bonds is 2. The molecule has 8 heteroatoms. The quantitative estimate of drug-likeness (QED) is 0.290. The fraction of sp³-hybridized carbons (Fsp3) is 0.143. The Labute approximate surface area is 160 Å². The smallest absolute Gasteiger partial charge is 0.174 e. The lowest BCUT2D eigenvalue weighted by Gasteiger charge is -2.15. The molecule has 2 aromatic carbocycles. The van der Waals surface area contributed by atoms with Crippen molar-refractivity contribution in [2.24, 2.45) is 0 Å². The van der Waals surface area contributed by atoms with Crippen LogP contribution in [0.4, 0.5) is 0 Å². The third-order valence-corrected chi connectivity index (χ3v) is 7.13. The van der Waals surface area contributed by atoms with E-state index in [2.05, 4.69) is 63.7 Å². The largest absolute Gasteiger partial charge is 0.504 e. The number of hydrogen-bond donors (Lipinski definition) is 4. The lowest BCUT2D eigenvalue weighted by molar-refractivity contribution is 0.395. The number of hydrogen-bond acceptors (Lipinski definition) is 4. The van der Waals surface area contributed by atoms with Gasteiger partial charge in [-0.2, -0.15) is 0 Å². The first-order valence-electron chi connectivity index (χ1n) is 5.93. The molecule has 0 unspecified atom stereocenters. The molecule has 118 valence electrons. The Morgan fingerprint density at radius 3 is 1.91 bits per heavy atom. The summed E-state index contributed by atoms with van der Waals surface area (Å²) in [6.45, 7) is 1.68. The molecule has 0 saturated carbocycles. The number of phenols is 4. The van der Waals surface area contributed by atoms with Crippen molar-refractivity contribution in [2.75, 3.05) is 0 Å². The van der Waals surface area contributed by atoms with Gasteiger partial charge in [0.05, 0.1) is 8.95 Å². The van der Waals surface area contributed by atoms with Crippen molar-refractivity contribution < 1.29 is 20.4 Å². The van der Waals surface area contributed by atoms with Crippen LogP contribution in [0.2, 0.25) is 0 Å². The molecule has 0 aromatic heterocycles. The average molecular weight is 562 g/mol. The highest BCUT2D eigenvalue weighted by Crippen LogP contribution is 2.48. The second kappa shape index (κ2) is 6.59. The lowest BCUT2D eigenvalue weighted by atomic mass is 10.0. The van der Waals surface area contributed by atoms with Crippen LogP contribution >= 0.6 is 63.7 Å². The maximum Gasteiger partial charge on any atom is 0.174 e. The second-order valence-corrected chi connectivity index (χ2v) is 7.87. The fourth-order valence-electron chi connectivity index (χ4n) is 1.94. The summed E-state index contributed by atoms with van der Waals surface area (Å²) in [6.07, 6.45) is 0.214. The van der Waals surface area contributed by atoms with E-state index in [-0.39, 0.29) is 29.4 Å². The summed E-state index contributed by atoms with van der Waals surface area (Å²) in [7, 11) is 0. The molecule has 0 amide bonds. The zero-order valence-electron chi connectivity index (χ0n) is 11.1. The van der Waals surface area contributed by atoms with Gasteiger partial charge >= 0.3 is 0 Å². The molecule has 0 saturated heterocycles. The maximum absolute atomic E-state index is 10.1. The van der Waals surface area contributed by atoms with Gasteiger partial charge in [0, 0.05) is 26.5 Å². The van der Waals surface area contributed by atoms with Gasteiger partial charge in [-0.05, 0) is 66.3 Å². The predicted molar refractivity (Wildman–Crippen MR) is 97.9 cm³/mol. The SMILES string of the molecule is Cc1c(Br)cc(Cc2c(Br)c(O)c(O)c(Br)c2Br)c(O)c1O. The summed E-state index contributed by atoms with van der Waals surface area (Å²) in [6, 6.07) is 1.70. The third-order valence-electron chi connectivity index (χ3n) is 3.27. The summed E-state index contributed by atoms with van der Waals surface area (Å²) in [5.74, 6) is -1.01. The Morgan fingerprint density at radius 1 is 0.773 bits per heavy atom. The van der Waals surface area contributed by atoms with Gasteiger partial charge in [0.1, 0.15) is 0 Å². The molecule has 0 radical (unpaired) electrons. The Kier molecular flexibility index (Phi) is 5.36. The molecule has 0 spiro atoms. The molecule has 2 aromatic rings. The average Bonchev–Trinajstić information content (AvgIpc) is 2.50. The highest BCUT2D eigenvalue weighted by molar-refractivity contribution is 9.13. The molecule has 0 aliphatic rings. The number of phenolic OH excluding ortho intramolecular Hbond substituents is 4. The standard InChI is InChI=1S/C14H10Br4O4/c1-4-7(15)3-5(12(20)11(4)19)2-6-8(16)10(18)14(22)13(21)9(6)17/h3,19-22H,2H2,1H3. The highest BCUT2D eigenvalue weighted by atomic mass is 79.9. The monoisotopic (exact) mass is 558 g/mol. The normalized spacial score (nSPS) is 11.0. The van der Waals surface area contributed by atoms with Crippen LogP contribution < -0.4 is 0 Å². The van der Waals surface area contributed by atoms with Crippen molar-refractivity contribution in [3.05, 3.63) is 40.6 Å². The Morgan fingerprint density at radius 2 is 1.32 bits per heavy atom. The van der Waals surface area contributed by atoms with Crippen LogP contribution in [0, 0.1) is 6.92 Å². The van der Waals surface area contributed by atoms with Gasteiger partial charge in [0.2, 0.25) is 0 Å². The molecule has 4 N–H and O–H groups in total. The molecule has 0 heterocycles. The van der Waals surface area contributed by atoms with Crippen LogP contribution in [0.3, 0.4) is 0 Å². The molecule has 0 atom stereocenters. The van der Waals surface area contributed by atoms with Crippen LogP contribution in [0.15, 0.2) is 24.0 Å². The van der Waals surface area contributed by atoms with Crippen molar-refractivity contribution in [3.8, 4) is 23.0 Å². The molecule has 2 rings (SSSR count). The van der Waals surface area contributed by atoms with E-state index in [0.29, 0.717) is 34.6 Å². The van der Waals surface area contributed by atoms with Crippen LogP contribution in [0.5, 0.6) is 23.0 Å². The molecule has 0 fully saturated rings. The van der Waals surface area contributed by atoms with E-state index >= 15 is 0 Å². The number of benzene rings is 2. The zero-order valence-corrected chi connectivity index (χ0v) is 17.4. The first-order valence-corrected chi connectivity index (χ1v) is 9.11. The van der Waals surface area contributed by atoms with Crippen molar-refractivity contribution in [3.63, 3.8) is 0 Å². The third kappa shape index (κ3) is 2.98. The molecule has 0 aliphatic heterocycles. The van der Waals surface area contributed by atoms with Crippen LogP contribution in [-0.2, 0) is 6.42 Å². The Bertz CT molecular complexity index is 745. The number of halogens is 4. The molecule has 0 bridgehead atoms. The van der Waals surface area contributed by atoms with Crippen molar-refractivity contribution >= 4 is 63.7 Å². The van der Waals surface area contributed by atoms with E-state index in [0.717, 1.165) is 0 Å². The van der Waals surface area contributed by atoms with E-state index in [1.165, 1.54) is 0 Å². The minimum Gasteiger partial charge on any atom is -0.504 e. The van der Waals surface area contributed by atoms with Crippen molar-refractivity contribution in [1.82, 2.24) is 0 Å². The van der Waals surface area contributed by atoms with Crippen LogP contribution in [-0.4, -0.2) is 20.4 Å². The van der Waals surface area contributed by atoms with E-state index < -0.39 is 0 Å². The molecule has 0 aliphatic carbocycles. The topological polar surface area (TPSA) is 80.9 Å². The van der Waals surface area contributed by atoms with Gasteiger partial charge in [0.15, 0.2) is 23.0 Å². The van der Waals surface area contributed by atoms with Gasteiger partial charge in [-0.3, -0.25) is 0 Å². The molecule has 22 heavy (non-hydrogen) atoms. The molecular weight excluding hydrogens is 552 g/mol. The van der Waals surface area contributed by atoms with Crippen molar-refractivity contribution in [2.45, 2.75) is 13.3 Å². The van der Waals surface area contributed by atoms with Crippen molar-refractivity contribution in [1.29, 1.82) is 0 Å². The predicted octanol–water partition coefficient (Wildman–Crippen LogP) is 5.46. The first-order chi connectivity index (χ1) is 10.2. The highest BCUT2D eigenvalue weighted by Gasteiger charge is 2.22. The van der Waals surface area contributed by atoms with Gasteiger partial charge < -0.3 is 20.4 Å². The first kappa shape index (κ1) is 17.9. The zero-order chi connectivity index (χ0) is 16.8. The summed E-state index contributed by atoms with van der Waals surface area (Å²) in [5.41, 5.74) is 1.61. The Hall–Kier alpha value is -0.440. The fourth-order valence-corrected chi connectivity index (χ4v) is 4.15. The van der Waals surface area contributed by atoms with Gasteiger partial charge in [-0.1, -0.05) is 15.9 Å². The number of aromatic hydroxyl groups is 4. The van der Waals surface area contributed by atoms with Gasteiger partial charge in [-0.15, -0.1) is 0 Å². The minimum absolute atomic E-state index is 0.196. The summed E-state index contributed by atoms with van der Waals surface area (Å²) in [4.78, 5) is 0. The summed E-state index contributed by atoms with van der Waals surface area (Å²) in [5, 5.41) is 39.8. The van der Waals surface area contributed by atoms with Gasteiger partial charge in [-0.25, -0.2) is 0 Å². The summed E-state index contributed by atoms with van der Waals surface area (Å²) < 4.78 is 1.80. The van der Waals surface area contributed by atoms with E-state index in [1.54, 1.807) is 13.0 Å². The lowest BCUT2D eigenvalue weighted by Crippen LogP contribution is -1.96. The van der Waals surface area contributed by atoms with E-state index in [9.17, 15) is 20.4 Å². The Balaban J connectivity index is 2.63. The van der Waals surface area contributed by atoms with Crippen LogP contribution in [0.1, 0.15) is 16.7 Å². The molecular formula is C14H10Br4O4. The minimum atomic E-state index is -0.306.